The van der Waals surface area contributed by atoms with Crippen molar-refractivity contribution in [3.05, 3.63) is 71.9 Å². The zero-order chi connectivity index (χ0) is 18.6. The van der Waals surface area contributed by atoms with Gasteiger partial charge in [0.05, 0.1) is 0 Å². The van der Waals surface area contributed by atoms with E-state index >= 15 is 0 Å². The van der Waals surface area contributed by atoms with Crippen LogP contribution in [0.15, 0.2) is 60.8 Å². The third-order valence-corrected chi connectivity index (χ3v) is 5.48. The summed E-state index contributed by atoms with van der Waals surface area (Å²) in [6, 6.07) is 18.2. The zero-order valence-electron chi connectivity index (χ0n) is 15.4. The van der Waals surface area contributed by atoms with Crippen molar-refractivity contribution in [2.75, 3.05) is 13.1 Å². The average molecular weight is 360 g/mol. The summed E-state index contributed by atoms with van der Waals surface area (Å²) in [4.78, 5) is 30.2. The fourth-order valence-electron chi connectivity index (χ4n) is 3.95. The van der Waals surface area contributed by atoms with Crippen LogP contribution in [0.4, 0.5) is 0 Å². The topological polar surface area (TPSA) is 53.2 Å². The molecule has 4 nitrogen and oxygen atoms in total. The van der Waals surface area contributed by atoms with Crippen LogP contribution in [0.5, 0.6) is 0 Å². The maximum atomic E-state index is 12.7. The van der Waals surface area contributed by atoms with Gasteiger partial charge in [-0.15, -0.1) is 0 Å². The zero-order valence-corrected chi connectivity index (χ0v) is 15.4. The first-order chi connectivity index (χ1) is 13.2. The number of hydrogen-bond donors (Lipinski definition) is 1. The van der Waals surface area contributed by atoms with Crippen molar-refractivity contribution in [2.24, 2.45) is 5.92 Å². The van der Waals surface area contributed by atoms with Crippen LogP contribution in [0.1, 0.15) is 24.0 Å². The smallest absolute Gasteiger partial charge is 0.222 e. The molecule has 1 aliphatic rings. The first-order valence-corrected chi connectivity index (χ1v) is 9.60. The van der Waals surface area contributed by atoms with Crippen LogP contribution < -0.4 is 0 Å². The first-order valence-electron chi connectivity index (χ1n) is 9.60. The molecule has 4 heteroatoms. The summed E-state index contributed by atoms with van der Waals surface area (Å²) in [6.45, 7) is 1.09. The highest BCUT2D eigenvalue weighted by molar-refractivity contribution is 5.86. The molecule has 27 heavy (non-hydrogen) atoms. The lowest BCUT2D eigenvalue weighted by Gasteiger charge is -2.32. The number of fused-ring (bicyclic) bond motifs is 1. The summed E-state index contributed by atoms with van der Waals surface area (Å²) < 4.78 is 0. The molecule has 1 atom stereocenters. The van der Waals surface area contributed by atoms with E-state index in [1.807, 2.05) is 59.6 Å². The fourth-order valence-corrected chi connectivity index (χ4v) is 3.95. The molecule has 0 aliphatic carbocycles. The number of carbonyl (C=O) groups is 2. The average Bonchev–Trinajstić information content (AvgIpc) is 3.12. The van der Waals surface area contributed by atoms with Crippen molar-refractivity contribution in [3.8, 4) is 0 Å². The lowest BCUT2D eigenvalue weighted by Crippen LogP contribution is -2.44. The first kappa shape index (κ1) is 17.5. The molecule has 3 aromatic rings. The predicted molar refractivity (Wildman–Crippen MR) is 106 cm³/mol. The maximum absolute atomic E-state index is 12.7. The number of carbonyl (C=O) groups excluding carboxylic acids is 2. The summed E-state index contributed by atoms with van der Waals surface area (Å²) in [5.41, 5.74) is 3.43. The standard InChI is InChI=1S/C23H24N2O2/c26-22-12-13-25(16-19(22)14-17-6-2-1-3-7-17)23(27)11-10-18-15-24-21-9-5-4-8-20(18)21/h1-9,15,19,24H,10-14,16H2. The van der Waals surface area contributed by atoms with Gasteiger partial charge in [-0.25, -0.2) is 0 Å². The highest BCUT2D eigenvalue weighted by atomic mass is 16.2. The summed E-state index contributed by atoms with van der Waals surface area (Å²) in [5.74, 6) is 0.337. The molecule has 1 saturated heterocycles. The fraction of sp³-hybridized carbons (Fsp3) is 0.304. The van der Waals surface area contributed by atoms with Gasteiger partial charge in [-0.2, -0.15) is 0 Å². The largest absolute Gasteiger partial charge is 0.361 e. The second-order valence-corrected chi connectivity index (χ2v) is 7.30. The van der Waals surface area contributed by atoms with Crippen LogP contribution in [0.25, 0.3) is 10.9 Å². The van der Waals surface area contributed by atoms with E-state index in [1.54, 1.807) is 0 Å². The minimum Gasteiger partial charge on any atom is -0.361 e. The Bertz CT molecular complexity index is 945. The van der Waals surface area contributed by atoms with Gasteiger partial charge in [0.25, 0.3) is 0 Å². The van der Waals surface area contributed by atoms with E-state index in [0.29, 0.717) is 32.4 Å². The number of aromatic amines is 1. The number of nitrogens with zero attached hydrogens (tertiary/aromatic N) is 1. The van der Waals surface area contributed by atoms with Crippen LogP contribution in [0, 0.1) is 5.92 Å². The minimum atomic E-state index is -0.0850. The molecular formula is C23H24N2O2. The van der Waals surface area contributed by atoms with Crippen molar-refractivity contribution in [3.63, 3.8) is 0 Å². The summed E-state index contributed by atoms with van der Waals surface area (Å²) in [5, 5.41) is 1.18. The van der Waals surface area contributed by atoms with Crippen molar-refractivity contribution >= 4 is 22.6 Å². The van der Waals surface area contributed by atoms with Gasteiger partial charge in [0, 0.05) is 48.9 Å². The Morgan fingerprint density at radius 3 is 2.70 bits per heavy atom. The number of rotatable bonds is 5. The van der Waals surface area contributed by atoms with E-state index in [0.717, 1.165) is 17.5 Å². The molecule has 138 valence electrons. The number of hydrogen-bond acceptors (Lipinski definition) is 2. The molecule has 2 aromatic carbocycles. The van der Waals surface area contributed by atoms with Crippen LogP contribution in [0.3, 0.4) is 0 Å². The Morgan fingerprint density at radius 1 is 1.07 bits per heavy atom. The van der Waals surface area contributed by atoms with E-state index in [9.17, 15) is 9.59 Å². The predicted octanol–water partition coefficient (Wildman–Crippen LogP) is 3.76. The molecule has 1 fully saturated rings. The van der Waals surface area contributed by atoms with Crippen LogP contribution in [-0.4, -0.2) is 34.7 Å². The maximum Gasteiger partial charge on any atom is 0.222 e. The molecule has 1 amide bonds. The summed E-state index contributed by atoms with van der Waals surface area (Å²) in [6.07, 6.45) is 4.38. The third kappa shape index (κ3) is 3.95. The number of para-hydroxylation sites is 1. The molecule has 2 heterocycles. The molecule has 0 saturated carbocycles. The van der Waals surface area contributed by atoms with Crippen molar-refractivity contribution in [1.82, 2.24) is 9.88 Å². The van der Waals surface area contributed by atoms with Gasteiger partial charge in [0.1, 0.15) is 5.78 Å². The van der Waals surface area contributed by atoms with Crippen molar-refractivity contribution in [1.29, 1.82) is 0 Å². The number of nitrogens with one attached hydrogen (secondary N) is 1. The van der Waals surface area contributed by atoms with Crippen LogP contribution >= 0.6 is 0 Å². The summed E-state index contributed by atoms with van der Waals surface area (Å²) in [7, 11) is 0. The molecule has 4 rings (SSSR count). The van der Waals surface area contributed by atoms with Gasteiger partial charge in [0.2, 0.25) is 5.91 Å². The van der Waals surface area contributed by atoms with Crippen LogP contribution in [-0.2, 0) is 22.4 Å². The third-order valence-electron chi connectivity index (χ3n) is 5.48. The van der Waals surface area contributed by atoms with Crippen LogP contribution in [0.2, 0.25) is 0 Å². The SMILES string of the molecule is O=C1CCN(C(=O)CCc2c[nH]c3ccccc23)CC1Cc1ccccc1. The molecule has 1 aromatic heterocycles. The molecule has 0 bridgehead atoms. The van der Waals surface area contributed by atoms with Gasteiger partial charge in [-0.05, 0) is 30.0 Å². The molecular weight excluding hydrogens is 336 g/mol. The number of H-pyrrole nitrogens is 1. The van der Waals surface area contributed by atoms with Gasteiger partial charge in [0.15, 0.2) is 0 Å². The number of piperidine rings is 1. The molecule has 1 N–H and O–H groups in total. The van der Waals surface area contributed by atoms with E-state index in [-0.39, 0.29) is 17.6 Å². The molecule has 0 spiro atoms. The lowest BCUT2D eigenvalue weighted by atomic mass is 9.90. The number of likely N-dealkylation sites (tertiary alicyclic amines) is 1. The molecule has 1 aliphatic heterocycles. The van der Waals surface area contributed by atoms with Crippen molar-refractivity contribution < 1.29 is 9.59 Å². The second-order valence-electron chi connectivity index (χ2n) is 7.30. The number of Topliss-reactive ketones (excluding diaryl/α,β-unsaturated/α-hetero) is 1. The highest BCUT2D eigenvalue weighted by Gasteiger charge is 2.29. The van der Waals surface area contributed by atoms with E-state index in [4.69, 9.17) is 0 Å². The Hall–Kier alpha value is -2.88. The Labute approximate surface area is 159 Å². The second kappa shape index (κ2) is 7.78. The molecule has 1 unspecified atom stereocenters. The summed E-state index contributed by atoms with van der Waals surface area (Å²) >= 11 is 0. The number of aryl methyl sites for hydroxylation is 1. The van der Waals surface area contributed by atoms with E-state index < -0.39 is 0 Å². The Balaban J connectivity index is 1.37. The normalized spacial score (nSPS) is 17.4. The monoisotopic (exact) mass is 360 g/mol. The number of aromatic nitrogens is 1. The quantitative estimate of drug-likeness (QED) is 0.753. The Kier molecular flexibility index (Phi) is 5.05. The molecule has 0 radical (unpaired) electrons. The van der Waals surface area contributed by atoms with E-state index in [1.165, 1.54) is 10.9 Å². The van der Waals surface area contributed by atoms with E-state index in [2.05, 4.69) is 11.1 Å². The van der Waals surface area contributed by atoms with Crippen molar-refractivity contribution in [2.45, 2.75) is 25.7 Å². The number of ketones is 1. The number of benzene rings is 2. The highest BCUT2D eigenvalue weighted by Crippen LogP contribution is 2.21. The number of amides is 1. The minimum absolute atomic E-state index is 0.0850. The van der Waals surface area contributed by atoms with Gasteiger partial charge in [-0.3, -0.25) is 9.59 Å². The van der Waals surface area contributed by atoms with Gasteiger partial charge >= 0.3 is 0 Å². The van der Waals surface area contributed by atoms with Gasteiger partial charge in [-0.1, -0.05) is 48.5 Å². The Morgan fingerprint density at radius 2 is 1.85 bits per heavy atom. The lowest BCUT2D eigenvalue weighted by molar-refractivity contribution is -0.137. The van der Waals surface area contributed by atoms with Gasteiger partial charge < -0.3 is 9.88 Å².